The standard InChI is InChI=1S/C31H28O8/c1-19(32)37-28-23(18-36-30(33)20-9-5-3-6-10-20)17-27-25(16-22-15-24(35-2)13-14-26(22)38-27)29(28)39-31(34)21-11-7-4-8-12-21/h3-15,17,25,27-29H,16,18H2,1-2H3/t25-,27-,28-,29-/m1/s1. The number of esters is 3. The second kappa shape index (κ2) is 11.4. The quantitative estimate of drug-likeness (QED) is 0.250. The Kier molecular flexibility index (Phi) is 7.63. The molecule has 3 aromatic carbocycles. The summed E-state index contributed by atoms with van der Waals surface area (Å²) in [6.45, 7) is 1.11. The van der Waals surface area contributed by atoms with Crippen LogP contribution in [0.5, 0.6) is 11.5 Å². The molecule has 1 aliphatic carbocycles. The van der Waals surface area contributed by atoms with E-state index >= 15 is 0 Å². The minimum absolute atomic E-state index is 0.174. The van der Waals surface area contributed by atoms with Gasteiger partial charge in [0.1, 0.15) is 30.3 Å². The van der Waals surface area contributed by atoms with Gasteiger partial charge in [0.2, 0.25) is 0 Å². The molecule has 0 spiro atoms. The lowest BCUT2D eigenvalue weighted by atomic mass is 9.77. The maximum atomic E-state index is 13.2. The van der Waals surface area contributed by atoms with Gasteiger partial charge in [-0.15, -0.1) is 0 Å². The van der Waals surface area contributed by atoms with Crippen LogP contribution >= 0.6 is 0 Å². The molecule has 0 N–H and O–H groups in total. The molecule has 8 heteroatoms. The summed E-state index contributed by atoms with van der Waals surface area (Å²) in [5.41, 5.74) is 2.10. The van der Waals surface area contributed by atoms with Gasteiger partial charge in [-0.05, 0) is 60.5 Å². The van der Waals surface area contributed by atoms with Gasteiger partial charge in [-0.3, -0.25) is 4.79 Å². The first-order chi connectivity index (χ1) is 18.9. The summed E-state index contributed by atoms with van der Waals surface area (Å²) in [6.07, 6.45) is -0.111. The predicted molar refractivity (Wildman–Crippen MR) is 141 cm³/mol. The highest BCUT2D eigenvalue weighted by molar-refractivity contribution is 5.90. The Labute approximate surface area is 226 Å². The largest absolute Gasteiger partial charge is 0.497 e. The minimum Gasteiger partial charge on any atom is -0.497 e. The van der Waals surface area contributed by atoms with E-state index < -0.39 is 36.2 Å². The Morgan fingerprint density at radius 2 is 1.54 bits per heavy atom. The molecular weight excluding hydrogens is 500 g/mol. The summed E-state index contributed by atoms with van der Waals surface area (Å²) < 4.78 is 29.0. The van der Waals surface area contributed by atoms with Crippen molar-refractivity contribution in [3.8, 4) is 11.5 Å². The molecule has 200 valence electrons. The van der Waals surface area contributed by atoms with Crippen LogP contribution < -0.4 is 9.47 Å². The maximum Gasteiger partial charge on any atom is 0.338 e. The lowest BCUT2D eigenvalue weighted by molar-refractivity contribution is -0.155. The summed E-state index contributed by atoms with van der Waals surface area (Å²) in [6, 6.07) is 22.7. The Morgan fingerprint density at radius 3 is 2.18 bits per heavy atom. The van der Waals surface area contributed by atoms with Crippen LogP contribution in [-0.4, -0.2) is 49.9 Å². The van der Waals surface area contributed by atoms with Crippen molar-refractivity contribution in [2.75, 3.05) is 13.7 Å². The van der Waals surface area contributed by atoms with Gasteiger partial charge in [0.25, 0.3) is 0 Å². The van der Waals surface area contributed by atoms with Crippen LogP contribution in [0.4, 0.5) is 0 Å². The van der Waals surface area contributed by atoms with E-state index in [0.717, 1.165) is 5.56 Å². The number of carbonyl (C=O) groups is 3. The fourth-order valence-electron chi connectivity index (χ4n) is 4.94. The van der Waals surface area contributed by atoms with Crippen LogP contribution in [0.25, 0.3) is 0 Å². The van der Waals surface area contributed by atoms with Crippen molar-refractivity contribution in [3.63, 3.8) is 0 Å². The van der Waals surface area contributed by atoms with Gasteiger partial charge in [-0.1, -0.05) is 36.4 Å². The van der Waals surface area contributed by atoms with Crippen molar-refractivity contribution in [1.82, 2.24) is 0 Å². The normalized spacial score (nSPS) is 21.2. The summed E-state index contributed by atoms with van der Waals surface area (Å²) in [7, 11) is 1.59. The number of hydrogen-bond acceptors (Lipinski definition) is 8. The lowest BCUT2D eigenvalue weighted by Crippen LogP contribution is -2.53. The van der Waals surface area contributed by atoms with Crippen LogP contribution in [0.1, 0.15) is 33.2 Å². The Balaban J connectivity index is 1.49. The number of hydrogen-bond donors (Lipinski definition) is 0. The third-order valence-corrected chi connectivity index (χ3v) is 6.80. The predicted octanol–water partition coefficient (Wildman–Crippen LogP) is 4.57. The highest BCUT2D eigenvalue weighted by Crippen LogP contribution is 2.41. The van der Waals surface area contributed by atoms with Crippen molar-refractivity contribution >= 4 is 17.9 Å². The van der Waals surface area contributed by atoms with Crippen molar-refractivity contribution < 1.29 is 38.1 Å². The van der Waals surface area contributed by atoms with E-state index in [1.807, 2.05) is 18.2 Å². The zero-order chi connectivity index (χ0) is 27.4. The highest BCUT2D eigenvalue weighted by atomic mass is 16.6. The summed E-state index contributed by atoms with van der Waals surface area (Å²) in [5.74, 6) is -0.679. The molecule has 0 radical (unpaired) electrons. The average Bonchev–Trinajstić information content (AvgIpc) is 2.96. The van der Waals surface area contributed by atoms with Crippen LogP contribution in [0.3, 0.4) is 0 Å². The van der Waals surface area contributed by atoms with E-state index in [9.17, 15) is 14.4 Å². The second-order valence-corrected chi connectivity index (χ2v) is 9.37. The fraction of sp³-hybridized carbons (Fsp3) is 0.258. The van der Waals surface area contributed by atoms with Crippen molar-refractivity contribution in [1.29, 1.82) is 0 Å². The van der Waals surface area contributed by atoms with E-state index in [4.69, 9.17) is 23.7 Å². The third-order valence-electron chi connectivity index (χ3n) is 6.80. The number of benzene rings is 3. The van der Waals surface area contributed by atoms with Gasteiger partial charge in [0, 0.05) is 18.4 Å². The molecule has 2 aliphatic rings. The molecule has 39 heavy (non-hydrogen) atoms. The molecule has 1 heterocycles. The molecule has 0 fully saturated rings. The molecule has 1 aliphatic heterocycles. The molecule has 4 atom stereocenters. The third kappa shape index (κ3) is 5.80. The minimum atomic E-state index is -0.976. The molecule has 0 unspecified atom stereocenters. The number of rotatable bonds is 7. The first-order valence-corrected chi connectivity index (χ1v) is 12.6. The molecule has 0 amide bonds. The molecule has 0 bridgehead atoms. The number of fused-ring (bicyclic) bond motifs is 2. The van der Waals surface area contributed by atoms with Gasteiger partial charge >= 0.3 is 17.9 Å². The average molecular weight is 529 g/mol. The maximum absolute atomic E-state index is 13.2. The van der Waals surface area contributed by atoms with Gasteiger partial charge in [-0.25, -0.2) is 9.59 Å². The zero-order valence-corrected chi connectivity index (χ0v) is 21.6. The van der Waals surface area contributed by atoms with Gasteiger partial charge in [0.15, 0.2) is 6.10 Å². The fourth-order valence-corrected chi connectivity index (χ4v) is 4.94. The molecular formula is C31H28O8. The molecule has 0 saturated carbocycles. The second-order valence-electron chi connectivity index (χ2n) is 9.37. The van der Waals surface area contributed by atoms with Crippen LogP contribution in [0, 0.1) is 5.92 Å². The molecule has 5 rings (SSSR count). The highest BCUT2D eigenvalue weighted by Gasteiger charge is 2.48. The van der Waals surface area contributed by atoms with Gasteiger partial charge in [-0.2, -0.15) is 0 Å². The first kappa shape index (κ1) is 26.0. The molecule has 3 aromatic rings. The molecule has 0 saturated heterocycles. The van der Waals surface area contributed by atoms with Crippen LogP contribution in [0.15, 0.2) is 90.5 Å². The SMILES string of the molecule is COc1ccc2c(c1)C[C@H]1[C@@H](OC(=O)c3ccccc3)[C@H](OC(C)=O)C(COC(=O)c3ccccc3)=C[C@H]1O2. The van der Waals surface area contributed by atoms with Gasteiger partial charge < -0.3 is 23.7 Å². The topological polar surface area (TPSA) is 97.4 Å². The zero-order valence-electron chi connectivity index (χ0n) is 21.6. The first-order valence-electron chi connectivity index (χ1n) is 12.6. The molecule has 8 nitrogen and oxygen atoms in total. The van der Waals surface area contributed by atoms with Gasteiger partial charge in [0.05, 0.1) is 18.2 Å². The van der Waals surface area contributed by atoms with Crippen molar-refractivity contribution in [2.45, 2.75) is 31.7 Å². The van der Waals surface area contributed by atoms with Crippen molar-refractivity contribution in [2.24, 2.45) is 5.92 Å². The smallest absolute Gasteiger partial charge is 0.338 e. The monoisotopic (exact) mass is 528 g/mol. The van der Waals surface area contributed by atoms with E-state index in [1.165, 1.54) is 6.92 Å². The lowest BCUT2D eigenvalue weighted by Gasteiger charge is -2.43. The Bertz CT molecular complexity index is 1380. The van der Waals surface area contributed by atoms with Crippen LogP contribution in [-0.2, 0) is 25.4 Å². The van der Waals surface area contributed by atoms with Crippen molar-refractivity contribution in [3.05, 3.63) is 107 Å². The number of ether oxygens (including phenoxy) is 5. The number of carbonyl (C=O) groups excluding carboxylic acids is 3. The summed E-state index contributed by atoms with van der Waals surface area (Å²) in [4.78, 5) is 38.1. The van der Waals surface area contributed by atoms with E-state index in [0.29, 0.717) is 34.6 Å². The molecule has 0 aromatic heterocycles. The van der Waals surface area contributed by atoms with E-state index in [1.54, 1.807) is 73.8 Å². The van der Waals surface area contributed by atoms with E-state index in [-0.39, 0.29) is 12.5 Å². The number of methoxy groups -OCH3 is 1. The van der Waals surface area contributed by atoms with Crippen LogP contribution in [0.2, 0.25) is 0 Å². The summed E-state index contributed by atoms with van der Waals surface area (Å²) in [5, 5.41) is 0. The Hall–Kier alpha value is -4.59. The Morgan fingerprint density at radius 1 is 0.872 bits per heavy atom. The summed E-state index contributed by atoms with van der Waals surface area (Å²) >= 11 is 0. The van der Waals surface area contributed by atoms with E-state index in [2.05, 4.69) is 0 Å².